The number of amides is 1. The van der Waals surface area contributed by atoms with Gasteiger partial charge in [0.25, 0.3) is 16.6 Å². The minimum atomic E-state index is -3.95. The zero-order valence-electron chi connectivity index (χ0n) is 18.0. The summed E-state index contributed by atoms with van der Waals surface area (Å²) in [4.78, 5) is 26.0. The van der Waals surface area contributed by atoms with E-state index in [1.54, 1.807) is 37.3 Å². The molecule has 1 amide bonds. The van der Waals surface area contributed by atoms with Gasteiger partial charge in [0.2, 0.25) is 15.6 Å². The second kappa shape index (κ2) is 8.19. The van der Waals surface area contributed by atoms with Crippen LogP contribution in [0.2, 0.25) is 0 Å². The third-order valence-electron chi connectivity index (χ3n) is 5.53. The number of carbonyl (C=O) groups excluding carboxylic acids is 1. The molecular weight excluding hydrogens is 474 g/mol. The molecule has 5 rings (SSSR count). The van der Waals surface area contributed by atoms with Crippen LogP contribution in [0.3, 0.4) is 0 Å². The summed E-state index contributed by atoms with van der Waals surface area (Å²) in [6.45, 7) is 1.78. The van der Waals surface area contributed by atoms with E-state index < -0.39 is 21.3 Å². The summed E-state index contributed by atoms with van der Waals surface area (Å²) in [5.74, 6) is -0.908. The lowest BCUT2D eigenvalue weighted by molar-refractivity contribution is 0.100. The number of sulfone groups is 1. The molecule has 0 aliphatic rings. The van der Waals surface area contributed by atoms with Crippen molar-refractivity contribution in [3.05, 3.63) is 92.6 Å². The predicted molar refractivity (Wildman–Crippen MR) is 129 cm³/mol. The van der Waals surface area contributed by atoms with Crippen molar-refractivity contribution < 1.29 is 13.2 Å². The van der Waals surface area contributed by atoms with Crippen molar-refractivity contribution >= 4 is 43.1 Å². The molecule has 0 aliphatic heterocycles. The van der Waals surface area contributed by atoms with Gasteiger partial charge >= 0.3 is 0 Å². The normalized spacial score (nSPS) is 11.9. The molecule has 9 nitrogen and oxygen atoms in total. The van der Waals surface area contributed by atoms with E-state index in [0.717, 1.165) is 16.9 Å². The maximum atomic E-state index is 13.5. The molecule has 0 atom stereocenters. The largest absolute Gasteiger partial charge is 0.365 e. The topological polar surface area (TPSA) is 129 Å². The second-order valence-corrected chi connectivity index (χ2v) is 10.7. The van der Waals surface area contributed by atoms with Crippen LogP contribution in [0.1, 0.15) is 26.4 Å². The second-order valence-electron chi connectivity index (χ2n) is 7.84. The van der Waals surface area contributed by atoms with E-state index in [0.29, 0.717) is 11.1 Å². The third kappa shape index (κ3) is 3.58. The Morgan fingerprint density at radius 1 is 1.00 bits per heavy atom. The summed E-state index contributed by atoms with van der Waals surface area (Å²) in [7, 11) is -3.95. The number of thiophene rings is 1. The molecule has 0 radical (unpaired) electrons. The number of primary amides is 1. The molecule has 0 spiro atoms. The Kier molecular flexibility index (Phi) is 5.29. The number of rotatable bonds is 6. The Morgan fingerprint density at radius 3 is 2.24 bits per heavy atom. The van der Waals surface area contributed by atoms with Crippen molar-refractivity contribution in [1.82, 2.24) is 19.2 Å². The molecule has 5 aromatic rings. The van der Waals surface area contributed by atoms with Crippen LogP contribution in [0.4, 0.5) is 0 Å². The predicted octanol–water partition coefficient (Wildman–Crippen LogP) is 2.54. The van der Waals surface area contributed by atoms with Crippen molar-refractivity contribution in [2.45, 2.75) is 24.4 Å². The molecule has 0 aliphatic carbocycles. The van der Waals surface area contributed by atoms with Crippen molar-refractivity contribution in [2.24, 2.45) is 5.73 Å². The fraction of sp³-hybridized carbons (Fsp3) is 0.130. The number of aryl methyl sites for hydroxylation is 1. The Labute approximate surface area is 198 Å². The van der Waals surface area contributed by atoms with E-state index in [9.17, 15) is 18.0 Å². The van der Waals surface area contributed by atoms with Crippen molar-refractivity contribution in [2.75, 3.05) is 0 Å². The Morgan fingerprint density at radius 2 is 1.62 bits per heavy atom. The first kappa shape index (κ1) is 22.0. The van der Waals surface area contributed by atoms with Gasteiger partial charge in [-0.1, -0.05) is 60.7 Å². The summed E-state index contributed by atoms with van der Waals surface area (Å²) in [5.41, 5.74) is 6.96. The lowest BCUT2D eigenvalue weighted by atomic mass is 10.2. The first-order chi connectivity index (χ1) is 16.3. The smallest absolute Gasteiger partial charge is 0.264 e. The van der Waals surface area contributed by atoms with Gasteiger partial charge in [0.1, 0.15) is 4.83 Å². The summed E-state index contributed by atoms with van der Waals surface area (Å²) >= 11 is 0.963. The number of nitrogens with zero attached hydrogens (tertiary/aromatic N) is 4. The highest BCUT2D eigenvalue weighted by Gasteiger charge is 2.29. The van der Waals surface area contributed by atoms with Crippen molar-refractivity contribution in [3.63, 3.8) is 0 Å². The van der Waals surface area contributed by atoms with Gasteiger partial charge in [-0.3, -0.25) is 14.2 Å². The number of fused-ring (bicyclic) bond motifs is 3. The van der Waals surface area contributed by atoms with Crippen LogP contribution < -0.4 is 11.3 Å². The molecule has 34 heavy (non-hydrogen) atoms. The van der Waals surface area contributed by atoms with Crippen molar-refractivity contribution in [3.8, 4) is 0 Å². The first-order valence-corrected chi connectivity index (χ1v) is 12.8. The molecule has 2 N–H and O–H groups in total. The molecule has 3 aromatic heterocycles. The minimum Gasteiger partial charge on any atom is -0.365 e. The van der Waals surface area contributed by atoms with Gasteiger partial charge in [-0.15, -0.1) is 21.5 Å². The zero-order chi connectivity index (χ0) is 24.0. The maximum Gasteiger partial charge on any atom is 0.264 e. The highest BCUT2D eigenvalue weighted by atomic mass is 32.2. The van der Waals surface area contributed by atoms with Crippen LogP contribution in [-0.2, 0) is 22.1 Å². The van der Waals surface area contributed by atoms with Gasteiger partial charge < -0.3 is 5.73 Å². The van der Waals surface area contributed by atoms with Gasteiger partial charge in [0.15, 0.2) is 0 Å². The molecule has 0 bridgehead atoms. The van der Waals surface area contributed by atoms with E-state index in [1.165, 1.54) is 8.97 Å². The summed E-state index contributed by atoms with van der Waals surface area (Å²) in [6, 6.07) is 18.0. The van der Waals surface area contributed by atoms with Crippen LogP contribution in [0, 0.1) is 6.92 Å². The van der Waals surface area contributed by atoms with Crippen LogP contribution in [0.15, 0.2) is 70.6 Å². The van der Waals surface area contributed by atoms with E-state index in [1.807, 2.05) is 30.3 Å². The first-order valence-electron chi connectivity index (χ1n) is 10.3. The lowest BCUT2D eigenvalue weighted by Crippen LogP contribution is -2.24. The SMILES string of the molecule is Cc1c(C(N)=O)sc2c1c(=O)n(Cc1ccccc1)c1nnc(S(=O)(=O)Cc3ccccc3)n21. The van der Waals surface area contributed by atoms with E-state index in [4.69, 9.17) is 5.73 Å². The zero-order valence-corrected chi connectivity index (χ0v) is 19.6. The number of benzene rings is 2. The lowest BCUT2D eigenvalue weighted by Gasteiger charge is -2.10. The van der Waals surface area contributed by atoms with E-state index in [2.05, 4.69) is 10.2 Å². The molecule has 2 aromatic carbocycles. The number of hydrogen-bond donors (Lipinski definition) is 1. The molecule has 172 valence electrons. The molecule has 0 fully saturated rings. The Hall–Kier alpha value is -3.83. The van der Waals surface area contributed by atoms with Crippen molar-refractivity contribution in [1.29, 1.82) is 0 Å². The van der Waals surface area contributed by atoms with E-state index >= 15 is 0 Å². The number of hydrogen-bond acceptors (Lipinski definition) is 7. The fourth-order valence-corrected chi connectivity index (χ4v) is 6.54. The molecular formula is C23H19N5O4S2. The van der Waals surface area contributed by atoms with Gasteiger partial charge in [0.05, 0.1) is 22.6 Å². The Balaban J connectivity index is 1.83. The molecule has 0 saturated carbocycles. The van der Waals surface area contributed by atoms with E-state index in [-0.39, 0.29) is 38.3 Å². The molecule has 11 heteroatoms. The highest BCUT2D eigenvalue weighted by Crippen LogP contribution is 2.31. The third-order valence-corrected chi connectivity index (χ3v) is 8.36. The minimum absolute atomic E-state index is 0.0743. The quantitative estimate of drug-likeness (QED) is 0.387. The average Bonchev–Trinajstić information content (AvgIpc) is 3.40. The summed E-state index contributed by atoms with van der Waals surface area (Å²) < 4.78 is 29.5. The van der Waals surface area contributed by atoms with Gasteiger partial charge in [-0.25, -0.2) is 12.8 Å². The maximum absolute atomic E-state index is 13.5. The highest BCUT2D eigenvalue weighted by molar-refractivity contribution is 7.90. The van der Waals surface area contributed by atoms with Crippen LogP contribution in [0.25, 0.3) is 16.0 Å². The monoisotopic (exact) mass is 493 g/mol. The molecule has 0 unspecified atom stereocenters. The number of aromatic nitrogens is 4. The average molecular weight is 494 g/mol. The van der Waals surface area contributed by atoms with Crippen LogP contribution in [0.5, 0.6) is 0 Å². The molecule has 3 heterocycles. The van der Waals surface area contributed by atoms with Gasteiger partial charge in [-0.05, 0) is 23.6 Å². The van der Waals surface area contributed by atoms with Crippen LogP contribution in [-0.4, -0.2) is 33.5 Å². The summed E-state index contributed by atoms with van der Waals surface area (Å²) in [6.07, 6.45) is 0. The van der Waals surface area contributed by atoms with Gasteiger partial charge in [-0.2, -0.15) is 0 Å². The number of nitrogens with two attached hydrogens (primary N) is 1. The fourth-order valence-electron chi connectivity index (χ4n) is 3.95. The Bertz CT molecular complexity index is 1720. The summed E-state index contributed by atoms with van der Waals surface area (Å²) in [5, 5.41) is 8.03. The standard InChI is InChI=1S/C23H19N5O4S2/c1-14-17-20(30)27(12-15-8-4-2-5-9-15)22-25-26-23(28(22)21(17)33-18(14)19(24)29)34(31,32)13-16-10-6-3-7-11-16/h2-11H,12-13H2,1H3,(H2,24,29). The molecule has 0 saturated heterocycles. The van der Waals surface area contributed by atoms with Crippen LogP contribution >= 0.6 is 11.3 Å². The van der Waals surface area contributed by atoms with Gasteiger partial charge in [0, 0.05) is 0 Å². The number of carbonyl (C=O) groups is 1.